The molecule has 128 valence electrons. The van der Waals surface area contributed by atoms with E-state index in [0.29, 0.717) is 19.1 Å². The number of hydrogen-bond acceptors (Lipinski definition) is 3. The third kappa shape index (κ3) is 5.22. The Hall–Kier alpha value is -1.59. The molecular weight excluding hydrogens is 290 g/mol. The summed E-state index contributed by atoms with van der Waals surface area (Å²) in [6.07, 6.45) is 1.26. The number of rotatable bonds is 5. The van der Waals surface area contributed by atoms with Crippen LogP contribution in [-0.4, -0.2) is 53.2 Å². The van der Waals surface area contributed by atoms with Crippen molar-refractivity contribution in [1.82, 2.24) is 15.1 Å². The van der Waals surface area contributed by atoms with E-state index in [2.05, 4.69) is 43.2 Å². The highest BCUT2D eigenvalue weighted by molar-refractivity contribution is 5.74. The Labute approximate surface area is 139 Å². The maximum atomic E-state index is 12.3. The minimum Gasteiger partial charge on any atom is -0.391 e. The molecule has 1 aliphatic heterocycles. The number of aliphatic hydroxyl groups excluding tert-OH is 1. The van der Waals surface area contributed by atoms with Crippen LogP contribution in [-0.2, 0) is 13.1 Å². The van der Waals surface area contributed by atoms with Gasteiger partial charge in [-0.2, -0.15) is 0 Å². The number of amides is 2. The topological polar surface area (TPSA) is 55.8 Å². The van der Waals surface area contributed by atoms with Crippen molar-refractivity contribution < 1.29 is 9.90 Å². The highest BCUT2D eigenvalue weighted by Gasteiger charge is 2.21. The molecule has 0 spiro atoms. The van der Waals surface area contributed by atoms with Crippen LogP contribution < -0.4 is 5.32 Å². The molecule has 0 aromatic heterocycles. The minimum atomic E-state index is -0.388. The molecule has 0 radical (unpaired) electrons. The Kier molecular flexibility index (Phi) is 6.42. The Morgan fingerprint density at radius 3 is 2.74 bits per heavy atom. The summed E-state index contributed by atoms with van der Waals surface area (Å²) in [4.78, 5) is 16.2. The van der Waals surface area contributed by atoms with E-state index >= 15 is 0 Å². The lowest BCUT2D eigenvalue weighted by atomic mass is 10.1. The van der Waals surface area contributed by atoms with E-state index in [4.69, 9.17) is 0 Å². The molecule has 0 bridgehead atoms. The number of piperidine rings is 1. The van der Waals surface area contributed by atoms with Gasteiger partial charge in [-0.1, -0.05) is 24.3 Å². The molecule has 1 fully saturated rings. The summed E-state index contributed by atoms with van der Waals surface area (Å²) in [5, 5.41) is 12.7. The molecule has 1 atom stereocenters. The fraction of sp³-hybridized carbons (Fsp3) is 0.611. The zero-order valence-electron chi connectivity index (χ0n) is 14.5. The largest absolute Gasteiger partial charge is 0.391 e. The van der Waals surface area contributed by atoms with Crippen molar-refractivity contribution in [2.24, 2.45) is 0 Å². The first kappa shape index (κ1) is 17.8. The van der Waals surface area contributed by atoms with Crippen molar-refractivity contribution in [1.29, 1.82) is 0 Å². The van der Waals surface area contributed by atoms with Crippen molar-refractivity contribution in [2.45, 2.75) is 51.9 Å². The van der Waals surface area contributed by atoms with Gasteiger partial charge in [0, 0.05) is 32.2 Å². The Bertz CT molecular complexity index is 519. The first-order valence-electron chi connectivity index (χ1n) is 8.45. The van der Waals surface area contributed by atoms with Crippen LogP contribution in [0, 0.1) is 0 Å². The first-order valence-corrected chi connectivity index (χ1v) is 8.45. The average molecular weight is 319 g/mol. The summed E-state index contributed by atoms with van der Waals surface area (Å²) in [6.45, 7) is 6.89. The molecule has 1 aromatic rings. The monoisotopic (exact) mass is 319 g/mol. The molecular formula is C18H29N3O2. The highest BCUT2D eigenvalue weighted by atomic mass is 16.3. The van der Waals surface area contributed by atoms with Crippen LogP contribution in [0.3, 0.4) is 0 Å². The summed E-state index contributed by atoms with van der Waals surface area (Å²) in [5.41, 5.74) is 2.38. The minimum absolute atomic E-state index is 0.0873. The molecule has 1 aliphatic rings. The lowest BCUT2D eigenvalue weighted by Crippen LogP contribution is -2.46. The van der Waals surface area contributed by atoms with Gasteiger partial charge in [-0.15, -0.1) is 0 Å². The molecule has 1 unspecified atom stereocenters. The molecule has 2 rings (SSSR count). The lowest BCUT2D eigenvalue weighted by molar-refractivity contribution is 0.0841. The number of carbonyl (C=O) groups excluding carboxylic acids is 1. The Balaban J connectivity index is 1.93. The van der Waals surface area contributed by atoms with E-state index in [1.807, 2.05) is 12.1 Å². The third-order valence-corrected chi connectivity index (χ3v) is 4.53. The predicted molar refractivity (Wildman–Crippen MR) is 92.1 cm³/mol. The van der Waals surface area contributed by atoms with Crippen LogP contribution in [0.4, 0.5) is 4.79 Å². The average Bonchev–Trinajstić information content (AvgIpc) is 2.53. The summed E-state index contributed by atoms with van der Waals surface area (Å²) >= 11 is 0. The van der Waals surface area contributed by atoms with E-state index in [1.165, 1.54) is 5.56 Å². The molecule has 23 heavy (non-hydrogen) atoms. The molecule has 0 aliphatic carbocycles. The predicted octanol–water partition coefficient (Wildman–Crippen LogP) is 2.19. The van der Waals surface area contributed by atoms with Gasteiger partial charge >= 0.3 is 6.03 Å². The van der Waals surface area contributed by atoms with Gasteiger partial charge in [-0.25, -0.2) is 4.79 Å². The Morgan fingerprint density at radius 2 is 2.09 bits per heavy atom. The van der Waals surface area contributed by atoms with Crippen molar-refractivity contribution in [3.05, 3.63) is 35.4 Å². The number of carbonyl (C=O) groups is 1. The number of hydrogen-bond donors (Lipinski definition) is 2. The summed E-state index contributed by atoms with van der Waals surface area (Å²) in [7, 11) is 2.11. The van der Waals surface area contributed by atoms with Crippen molar-refractivity contribution >= 4 is 6.03 Å². The van der Waals surface area contributed by atoms with Crippen LogP contribution >= 0.6 is 0 Å². The summed E-state index contributed by atoms with van der Waals surface area (Å²) in [6, 6.07) is 8.61. The normalized spacial score (nSPS) is 18.5. The molecule has 1 aromatic carbocycles. The molecule has 1 saturated heterocycles. The van der Waals surface area contributed by atoms with Crippen LogP contribution in [0.1, 0.15) is 37.8 Å². The number of nitrogens with one attached hydrogen (secondary N) is 1. The fourth-order valence-corrected chi connectivity index (χ4v) is 2.76. The molecule has 5 nitrogen and oxygen atoms in total. The third-order valence-electron chi connectivity index (χ3n) is 4.53. The van der Waals surface area contributed by atoms with Gasteiger partial charge in [-0.05, 0) is 44.9 Å². The van der Waals surface area contributed by atoms with Crippen LogP contribution in [0.25, 0.3) is 0 Å². The quantitative estimate of drug-likeness (QED) is 0.875. The van der Waals surface area contributed by atoms with Gasteiger partial charge < -0.3 is 15.3 Å². The van der Waals surface area contributed by atoms with E-state index in [1.54, 1.807) is 4.90 Å². The SMILES string of the molecule is CC(C)N(C)Cc1ccccc1CNC(=O)N1CCCC(O)C1. The number of benzene rings is 1. The Morgan fingerprint density at radius 1 is 1.39 bits per heavy atom. The molecule has 0 saturated carbocycles. The molecule has 2 amide bonds. The number of urea groups is 1. The second-order valence-electron chi connectivity index (χ2n) is 6.68. The van der Waals surface area contributed by atoms with Crippen molar-refractivity contribution in [3.8, 4) is 0 Å². The zero-order valence-corrected chi connectivity index (χ0v) is 14.5. The lowest BCUT2D eigenvalue weighted by Gasteiger charge is -2.30. The van der Waals surface area contributed by atoms with Gasteiger partial charge in [0.1, 0.15) is 0 Å². The maximum Gasteiger partial charge on any atom is 0.317 e. The van der Waals surface area contributed by atoms with Gasteiger partial charge in [-0.3, -0.25) is 4.90 Å². The zero-order chi connectivity index (χ0) is 16.8. The molecule has 1 heterocycles. The first-order chi connectivity index (χ1) is 11.0. The highest BCUT2D eigenvalue weighted by Crippen LogP contribution is 2.14. The van der Waals surface area contributed by atoms with Gasteiger partial charge in [0.25, 0.3) is 0 Å². The van der Waals surface area contributed by atoms with Crippen LogP contribution in [0.15, 0.2) is 24.3 Å². The summed E-state index contributed by atoms with van der Waals surface area (Å²) < 4.78 is 0. The van der Waals surface area contributed by atoms with Gasteiger partial charge in [0.05, 0.1) is 6.10 Å². The number of aliphatic hydroxyl groups is 1. The van der Waals surface area contributed by atoms with E-state index in [9.17, 15) is 9.90 Å². The second-order valence-corrected chi connectivity index (χ2v) is 6.68. The van der Waals surface area contributed by atoms with E-state index < -0.39 is 0 Å². The second kappa shape index (κ2) is 8.31. The summed E-state index contributed by atoms with van der Waals surface area (Å²) in [5.74, 6) is 0. The van der Waals surface area contributed by atoms with E-state index in [-0.39, 0.29) is 12.1 Å². The fourth-order valence-electron chi connectivity index (χ4n) is 2.76. The molecule has 2 N–H and O–H groups in total. The maximum absolute atomic E-state index is 12.3. The smallest absolute Gasteiger partial charge is 0.317 e. The van der Waals surface area contributed by atoms with Crippen LogP contribution in [0.5, 0.6) is 0 Å². The number of β-amino-alcohol motifs (C(OH)–C–C–N with tert-alkyl or cyclic N) is 1. The molecule has 5 heteroatoms. The van der Waals surface area contributed by atoms with E-state index in [0.717, 1.165) is 31.5 Å². The van der Waals surface area contributed by atoms with Crippen molar-refractivity contribution in [2.75, 3.05) is 20.1 Å². The van der Waals surface area contributed by atoms with Crippen molar-refractivity contribution in [3.63, 3.8) is 0 Å². The number of nitrogens with zero attached hydrogens (tertiary/aromatic N) is 2. The standard InChI is InChI=1S/C18H29N3O2/c1-14(2)20(3)12-16-8-5-4-7-15(16)11-19-18(23)21-10-6-9-17(22)13-21/h4-5,7-8,14,17,22H,6,9-13H2,1-3H3,(H,19,23). The van der Waals surface area contributed by atoms with Gasteiger partial charge in [0.15, 0.2) is 0 Å². The van der Waals surface area contributed by atoms with Gasteiger partial charge in [0.2, 0.25) is 0 Å². The number of likely N-dealkylation sites (tertiary alicyclic amines) is 1. The van der Waals surface area contributed by atoms with Crippen LogP contribution in [0.2, 0.25) is 0 Å².